The van der Waals surface area contributed by atoms with E-state index in [1.165, 1.54) is 0 Å². The Balaban J connectivity index is 2.70. The average Bonchev–Trinajstić information content (AvgIpc) is 2.35. The molecule has 1 rings (SSSR count). The molecule has 5 nitrogen and oxygen atoms in total. The highest BCUT2D eigenvalue weighted by molar-refractivity contribution is 5.38. The van der Waals surface area contributed by atoms with E-state index < -0.39 is 0 Å². The van der Waals surface area contributed by atoms with E-state index in [2.05, 4.69) is 16.8 Å². The Bertz CT molecular complexity index is 314. The van der Waals surface area contributed by atoms with Crippen molar-refractivity contribution in [2.45, 2.75) is 6.61 Å². The lowest BCUT2D eigenvalue weighted by atomic mass is 10.3. The predicted octanol–water partition coefficient (Wildman–Crippen LogP) is 0.608. The van der Waals surface area contributed by atoms with Gasteiger partial charge in [0.25, 0.3) is 0 Å². The third-order valence-corrected chi connectivity index (χ3v) is 2.11. The van der Waals surface area contributed by atoms with Crippen molar-refractivity contribution >= 4 is 5.82 Å². The Labute approximate surface area is 95.4 Å². The summed E-state index contributed by atoms with van der Waals surface area (Å²) in [6, 6.07) is 3.59. The number of ether oxygens (including phenoxy) is 1. The van der Waals surface area contributed by atoms with Gasteiger partial charge in [0, 0.05) is 20.2 Å². The number of hydrogen-bond acceptors (Lipinski definition) is 5. The number of rotatable bonds is 7. The maximum Gasteiger partial charge on any atom is 0.151 e. The lowest BCUT2D eigenvalue weighted by molar-refractivity contribution is 0.205. The SMILES string of the molecule is C=CCN(CCOC)c1ccc(CO)nn1. The molecule has 16 heavy (non-hydrogen) atoms. The first-order valence-corrected chi connectivity index (χ1v) is 5.10. The van der Waals surface area contributed by atoms with E-state index in [1.54, 1.807) is 19.3 Å². The van der Waals surface area contributed by atoms with Crippen molar-refractivity contribution in [1.29, 1.82) is 0 Å². The lowest BCUT2D eigenvalue weighted by Crippen LogP contribution is -2.28. The van der Waals surface area contributed by atoms with Gasteiger partial charge in [0.2, 0.25) is 0 Å². The largest absolute Gasteiger partial charge is 0.390 e. The second-order valence-corrected chi connectivity index (χ2v) is 3.27. The summed E-state index contributed by atoms with van der Waals surface area (Å²) < 4.78 is 5.02. The molecule has 0 bridgehead atoms. The molecule has 1 N–H and O–H groups in total. The minimum atomic E-state index is -0.0905. The van der Waals surface area contributed by atoms with Crippen molar-refractivity contribution in [2.75, 3.05) is 31.7 Å². The van der Waals surface area contributed by atoms with Crippen molar-refractivity contribution < 1.29 is 9.84 Å². The van der Waals surface area contributed by atoms with Crippen LogP contribution in [0.1, 0.15) is 5.69 Å². The molecule has 0 spiro atoms. The van der Waals surface area contributed by atoms with Crippen LogP contribution in [0.15, 0.2) is 24.8 Å². The second kappa shape index (κ2) is 6.92. The van der Waals surface area contributed by atoms with E-state index in [9.17, 15) is 0 Å². The molecular weight excluding hydrogens is 206 g/mol. The minimum Gasteiger partial charge on any atom is -0.390 e. The zero-order valence-electron chi connectivity index (χ0n) is 9.46. The van der Waals surface area contributed by atoms with Crippen LogP contribution >= 0.6 is 0 Å². The van der Waals surface area contributed by atoms with Gasteiger partial charge in [-0.05, 0) is 12.1 Å². The maximum atomic E-state index is 8.86. The highest BCUT2D eigenvalue weighted by Crippen LogP contribution is 2.09. The van der Waals surface area contributed by atoms with E-state index in [1.807, 2.05) is 11.0 Å². The standard InChI is InChI=1S/C11H17N3O2/c1-3-6-14(7-8-16-2)11-5-4-10(9-15)12-13-11/h3-5,15H,1,6-9H2,2H3. The summed E-state index contributed by atoms with van der Waals surface area (Å²) in [4.78, 5) is 2.00. The number of aliphatic hydroxyl groups excluding tert-OH is 1. The van der Waals surface area contributed by atoms with Crippen molar-refractivity contribution in [1.82, 2.24) is 10.2 Å². The van der Waals surface area contributed by atoms with Crippen LogP contribution in [0.25, 0.3) is 0 Å². The molecule has 1 aromatic heterocycles. The van der Waals surface area contributed by atoms with Crippen LogP contribution < -0.4 is 4.90 Å². The smallest absolute Gasteiger partial charge is 0.151 e. The van der Waals surface area contributed by atoms with Crippen LogP contribution in [-0.2, 0) is 11.3 Å². The van der Waals surface area contributed by atoms with E-state index >= 15 is 0 Å². The highest BCUT2D eigenvalue weighted by atomic mass is 16.5. The van der Waals surface area contributed by atoms with E-state index in [-0.39, 0.29) is 6.61 Å². The molecule has 0 saturated carbocycles. The third-order valence-electron chi connectivity index (χ3n) is 2.11. The highest BCUT2D eigenvalue weighted by Gasteiger charge is 2.06. The molecule has 88 valence electrons. The lowest BCUT2D eigenvalue weighted by Gasteiger charge is -2.20. The van der Waals surface area contributed by atoms with Crippen LogP contribution in [0.4, 0.5) is 5.82 Å². The van der Waals surface area contributed by atoms with Crippen molar-refractivity contribution in [3.63, 3.8) is 0 Å². The van der Waals surface area contributed by atoms with Crippen LogP contribution in [-0.4, -0.2) is 42.1 Å². The molecule has 0 aliphatic heterocycles. The Morgan fingerprint density at radius 1 is 1.50 bits per heavy atom. The quantitative estimate of drug-likeness (QED) is 0.686. The number of anilines is 1. The zero-order valence-corrected chi connectivity index (χ0v) is 9.46. The summed E-state index contributed by atoms with van der Waals surface area (Å²) in [5.41, 5.74) is 0.564. The second-order valence-electron chi connectivity index (χ2n) is 3.27. The van der Waals surface area contributed by atoms with Gasteiger partial charge in [-0.15, -0.1) is 11.7 Å². The number of aromatic nitrogens is 2. The molecule has 0 radical (unpaired) electrons. The molecule has 0 amide bonds. The molecule has 0 aromatic carbocycles. The molecule has 1 heterocycles. The van der Waals surface area contributed by atoms with Gasteiger partial charge >= 0.3 is 0 Å². The van der Waals surface area contributed by atoms with E-state index in [4.69, 9.17) is 9.84 Å². The number of methoxy groups -OCH3 is 1. The Morgan fingerprint density at radius 2 is 2.31 bits per heavy atom. The van der Waals surface area contributed by atoms with Crippen LogP contribution in [0.2, 0.25) is 0 Å². The van der Waals surface area contributed by atoms with Crippen molar-refractivity contribution in [2.24, 2.45) is 0 Å². The average molecular weight is 223 g/mol. The van der Waals surface area contributed by atoms with Crippen LogP contribution in [0.5, 0.6) is 0 Å². The van der Waals surface area contributed by atoms with Gasteiger partial charge in [-0.1, -0.05) is 6.08 Å². The van der Waals surface area contributed by atoms with E-state index in [0.717, 1.165) is 12.4 Å². The molecule has 0 aliphatic carbocycles. The summed E-state index contributed by atoms with van der Waals surface area (Å²) in [7, 11) is 1.66. The molecule has 0 atom stereocenters. The van der Waals surface area contributed by atoms with Crippen LogP contribution in [0, 0.1) is 0 Å². The van der Waals surface area contributed by atoms with Crippen molar-refractivity contribution in [3.8, 4) is 0 Å². The molecule has 0 fully saturated rings. The summed E-state index contributed by atoms with van der Waals surface area (Å²) in [6.07, 6.45) is 1.80. The van der Waals surface area contributed by atoms with Crippen LogP contribution in [0.3, 0.4) is 0 Å². The topological polar surface area (TPSA) is 58.5 Å². The molecule has 1 aromatic rings. The zero-order chi connectivity index (χ0) is 11.8. The predicted molar refractivity (Wildman–Crippen MR) is 62.2 cm³/mol. The fourth-order valence-corrected chi connectivity index (χ4v) is 1.26. The summed E-state index contributed by atoms with van der Waals surface area (Å²) >= 11 is 0. The Kier molecular flexibility index (Phi) is 5.45. The Morgan fingerprint density at radius 3 is 2.81 bits per heavy atom. The fraction of sp³-hybridized carbons (Fsp3) is 0.455. The summed E-state index contributed by atoms with van der Waals surface area (Å²) in [6.45, 7) is 5.65. The normalized spacial score (nSPS) is 10.1. The van der Waals surface area contributed by atoms with Crippen molar-refractivity contribution in [3.05, 3.63) is 30.5 Å². The fourth-order valence-electron chi connectivity index (χ4n) is 1.26. The molecule has 0 saturated heterocycles. The third kappa shape index (κ3) is 3.60. The molecule has 0 aliphatic rings. The van der Waals surface area contributed by atoms with E-state index in [0.29, 0.717) is 18.8 Å². The number of hydrogen-bond donors (Lipinski definition) is 1. The molecule has 0 unspecified atom stereocenters. The van der Waals surface area contributed by atoms with Gasteiger partial charge in [-0.3, -0.25) is 0 Å². The molecular formula is C11H17N3O2. The van der Waals surface area contributed by atoms with Gasteiger partial charge in [0.15, 0.2) is 5.82 Å². The maximum absolute atomic E-state index is 8.86. The number of nitrogens with zero attached hydrogens (tertiary/aromatic N) is 3. The van der Waals surface area contributed by atoms with Gasteiger partial charge in [-0.25, -0.2) is 0 Å². The van der Waals surface area contributed by atoms with Gasteiger partial charge in [0.05, 0.1) is 18.9 Å². The monoisotopic (exact) mass is 223 g/mol. The first kappa shape index (κ1) is 12.6. The Hall–Kier alpha value is -1.46. The van der Waals surface area contributed by atoms with Gasteiger partial charge in [-0.2, -0.15) is 5.10 Å². The first-order valence-electron chi connectivity index (χ1n) is 5.10. The van der Waals surface area contributed by atoms with Gasteiger partial charge in [0.1, 0.15) is 0 Å². The summed E-state index contributed by atoms with van der Waals surface area (Å²) in [5.74, 6) is 0.758. The number of aliphatic hydroxyl groups is 1. The first-order chi connectivity index (χ1) is 7.81. The summed E-state index contributed by atoms with van der Waals surface area (Å²) in [5, 5.41) is 16.8. The molecule has 5 heteroatoms. The minimum absolute atomic E-state index is 0.0905. The van der Waals surface area contributed by atoms with Gasteiger partial charge < -0.3 is 14.7 Å².